The zero-order valence-corrected chi connectivity index (χ0v) is 4.68. The molecular formula is C5H9NaO3. The summed E-state index contributed by atoms with van der Waals surface area (Å²) >= 11 is 0. The van der Waals surface area contributed by atoms with Crippen molar-refractivity contribution in [2.45, 2.75) is 6.92 Å². The Labute approximate surface area is 76.0 Å². The van der Waals surface area contributed by atoms with Gasteiger partial charge in [-0.25, -0.2) is 4.79 Å². The van der Waals surface area contributed by atoms with Gasteiger partial charge < -0.3 is 9.84 Å². The van der Waals surface area contributed by atoms with Gasteiger partial charge >= 0.3 is 35.5 Å². The fourth-order valence-electron chi connectivity index (χ4n) is 0.214. The van der Waals surface area contributed by atoms with Crippen LogP contribution in [0.3, 0.4) is 0 Å². The van der Waals surface area contributed by atoms with Crippen LogP contribution in [-0.2, 0) is 9.53 Å². The second-order valence-electron chi connectivity index (χ2n) is 1.17. The van der Waals surface area contributed by atoms with E-state index >= 15 is 0 Å². The number of carbonyl (C=O) groups is 1. The Morgan fingerprint density at radius 1 is 1.78 bits per heavy atom. The first kappa shape index (κ1) is 11.8. The van der Waals surface area contributed by atoms with E-state index in [1.165, 1.54) is 0 Å². The van der Waals surface area contributed by atoms with Crippen LogP contribution in [0.15, 0.2) is 12.3 Å². The van der Waals surface area contributed by atoms with Crippen LogP contribution in [0.4, 0.5) is 0 Å². The summed E-state index contributed by atoms with van der Waals surface area (Å²) in [6, 6.07) is 0. The molecule has 0 amide bonds. The quantitative estimate of drug-likeness (QED) is 0.253. The zero-order chi connectivity index (χ0) is 6.57. The second-order valence-corrected chi connectivity index (χ2v) is 1.17. The molecule has 0 aromatic carbocycles. The number of carbonyl (C=O) groups excluding carboxylic acids is 1. The van der Waals surface area contributed by atoms with E-state index in [0.29, 0.717) is 0 Å². The molecule has 3 nitrogen and oxygen atoms in total. The third-order valence-corrected chi connectivity index (χ3v) is 0.511. The van der Waals surface area contributed by atoms with Crippen LogP contribution >= 0.6 is 0 Å². The SMILES string of the molecule is C=C(O)C(=O)OCC.[NaH]. The van der Waals surface area contributed by atoms with E-state index in [2.05, 4.69) is 11.3 Å². The third kappa shape index (κ3) is 5.89. The molecule has 0 aromatic rings. The van der Waals surface area contributed by atoms with Crippen molar-refractivity contribution in [1.29, 1.82) is 0 Å². The first-order valence-electron chi connectivity index (χ1n) is 2.23. The first-order valence-corrected chi connectivity index (χ1v) is 2.23. The minimum absolute atomic E-state index is 0. The Bertz CT molecular complexity index is 111. The molecule has 0 aliphatic heterocycles. The molecule has 0 aliphatic carbocycles. The van der Waals surface area contributed by atoms with Gasteiger partial charge in [-0.15, -0.1) is 0 Å². The molecule has 48 valence electrons. The number of esters is 1. The molecule has 0 fully saturated rings. The van der Waals surface area contributed by atoms with Crippen LogP contribution in [0.1, 0.15) is 6.92 Å². The number of hydrogen-bond donors (Lipinski definition) is 1. The molecule has 0 radical (unpaired) electrons. The van der Waals surface area contributed by atoms with Gasteiger partial charge in [0.05, 0.1) is 6.61 Å². The fourth-order valence-corrected chi connectivity index (χ4v) is 0.214. The monoisotopic (exact) mass is 140 g/mol. The summed E-state index contributed by atoms with van der Waals surface area (Å²) in [5, 5.41) is 8.28. The number of aliphatic hydroxyl groups is 1. The van der Waals surface area contributed by atoms with Crippen LogP contribution in [-0.4, -0.2) is 47.2 Å². The van der Waals surface area contributed by atoms with Crippen molar-refractivity contribution in [3.8, 4) is 0 Å². The van der Waals surface area contributed by atoms with Crippen molar-refractivity contribution in [3.05, 3.63) is 12.3 Å². The molecule has 0 bridgehead atoms. The van der Waals surface area contributed by atoms with Gasteiger partial charge in [-0.2, -0.15) is 0 Å². The number of hydrogen-bond acceptors (Lipinski definition) is 3. The van der Waals surface area contributed by atoms with E-state index in [-0.39, 0.29) is 36.2 Å². The molecule has 0 rings (SSSR count). The molecule has 0 aromatic heterocycles. The van der Waals surface area contributed by atoms with Gasteiger partial charge in [-0.05, 0) is 13.5 Å². The predicted octanol–water partition coefficient (Wildman–Crippen LogP) is -0.0273. The fraction of sp³-hybridized carbons (Fsp3) is 0.400. The van der Waals surface area contributed by atoms with Crippen LogP contribution in [0.5, 0.6) is 0 Å². The predicted molar refractivity (Wildman–Crippen MR) is 35.6 cm³/mol. The molecule has 0 spiro atoms. The van der Waals surface area contributed by atoms with Crippen LogP contribution in [0.25, 0.3) is 0 Å². The number of rotatable bonds is 2. The Balaban J connectivity index is 0. The molecule has 4 heteroatoms. The van der Waals surface area contributed by atoms with Gasteiger partial charge in [0.1, 0.15) is 0 Å². The Kier molecular flexibility index (Phi) is 8.02. The van der Waals surface area contributed by atoms with E-state index in [9.17, 15) is 4.79 Å². The summed E-state index contributed by atoms with van der Waals surface area (Å²) in [6.45, 7) is 4.87. The summed E-state index contributed by atoms with van der Waals surface area (Å²) in [7, 11) is 0. The Morgan fingerprint density at radius 2 is 2.22 bits per heavy atom. The van der Waals surface area contributed by atoms with Gasteiger partial charge in [0, 0.05) is 0 Å². The van der Waals surface area contributed by atoms with Gasteiger partial charge in [-0.3, -0.25) is 0 Å². The molecule has 1 N–H and O–H groups in total. The molecular weight excluding hydrogens is 131 g/mol. The van der Waals surface area contributed by atoms with E-state index in [1.807, 2.05) is 0 Å². The maximum atomic E-state index is 10.2. The third-order valence-electron chi connectivity index (χ3n) is 0.511. The summed E-state index contributed by atoms with van der Waals surface area (Å²) < 4.78 is 4.31. The first-order chi connectivity index (χ1) is 3.68. The average molecular weight is 140 g/mol. The molecule has 0 saturated carbocycles. The summed E-state index contributed by atoms with van der Waals surface area (Å²) in [5.41, 5.74) is 0. The van der Waals surface area contributed by atoms with Crippen molar-refractivity contribution < 1.29 is 14.6 Å². The van der Waals surface area contributed by atoms with Crippen molar-refractivity contribution >= 4 is 35.5 Å². The van der Waals surface area contributed by atoms with E-state index < -0.39 is 11.7 Å². The molecule has 9 heavy (non-hydrogen) atoms. The van der Waals surface area contributed by atoms with Crippen molar-refractivity contribution in [2.75, 3.05) is 6.61 Å². The molecule has 0 aliphatic rings. The van der Waals surface area contributed by atoms with Crippen molar-refractivity contribution in [3.63, 3.8) is 0 Å². The standard InChI is InChI=1S/C5H8O3.Na.H/c1-3-8-5(7)4(2)6;;/h6H,2-3H2,1H3;;. The van der Waals surface area contributed by atoms with E-state index in [4.69, 9.17) is 5.11 Å². The van der Waals surface area contributed by atoms with Crippen molar-refractivity contribution in [2.24, 2.45) is 0 Å². The molecule has 0 atom stereocenters. The topological polar surface area (TPSA) is 46.5 Å². The average Bonchev–Trinajstić information content (AvgIpc) is 1.67. The summed E-state index contributed by atoms with van der Waals surface area (Å²) in [6.07, 6.45) is 0. The molecule has 0 saturated heterocycles. The van der Waals surface area contributed by atoms with Crippen LogP contribution in [0, 0.1) is 0 Å². The van der Waals surface area contributed by atoms with Crippen LogP contribution in [0.2, 0.25) is 0 Å². The zero-order valence-electron chi connectivity index (χ0n) is 4.68. The van der Waals surface area contributed by atoms with Crippen LogP contribution < -0.4 is 0 Å². The maximum absolute atomic E-state index is 10.2. The van der Waals surface area contributed by atoms with Crippen molar-refractivity contribution in [1.82, 2.24) is 0 Å². The minimum atomic E-state index is -0.757. The van der Waals surface area contributed by atoms with Gasteiger partial charge in [0.15, 0.2) is 5.76 Å². The van der Waals surface area contributed by atoms with Gasteiger partial charge in [0.25, 0.3) is 0 Å². The number of ether oxygens (including phenoxy) is 1. The summed E-state index contributed by atoms with van der Waals surface area (Å²) in [4.78, 5) is 10.2. The normalized spacial score (nSPS) is 7.22. The molecule has 0 heterocycles. The number of aliphatic hydroxyl groups excluding tert-OH is 1. The Hall–Kier alpha value is 0.0100. The van der Waals surface area contributed by atoms with E-state index in [1.54, 1.807) is 6.92 Å². The van der Waals surface area contributed by atoms with Gasteiger partial charge in [-0.1, -0.05) is 0 Å². The molecule has 0 unspecified atom stereocenters. The Morgan fingerprint density at radius 3 is 2.33 bits per heavy atom. The van der Waals surface area contributed by atoms with Gasteiger partial charge in [0.2, 0.25) is 0 Å². The van der Waals surface area contributed by atoms with E-state index in [0.717, 1.165) is 0 Å². The second kappa shape index (κ2) is 6.13. The summed E-state index contributed by atoms with van der Waals surface area (Å²) in [5.74, 6) is -1.31.